The second-order valence-corrected chi connectivity index (χ2v) is 3.86. The first-order chi connectivity index (χ1) is 8.49. The van der Waals surface area contributed by atoms with Crippen LogP contribution in [0.4, 0.5) is 10.5 Å². The summed E-state index contributed by atoms with van der Waals surface area (Å²) in [5.74, 6) is -1.39. The van der Waals surface area contributed by atoms with Gasteiger partial charge in [0.05, 0.1) is 0 Å². The van der Waals surface area contributed by atoms with Gasteiger partial charge in [0.25, 0.3) is 11.8 Å². The number of carbonyl (C=O) groups is 3. The van der Waals surface area contributed by atoms with Crippen molar-refractivity contribution >= 4 is 29.1 Å². The molecule has 1 saturated heterocycles. The normalized spacial score (nSPS) is 15.2. The number of nitrogen functional groups attached to an aromatic ring is 1. The minimum atomic E-state index is -0.807. The number of benzene rings is 1. The van der Waals surface area contributed by atoms with Crippen LogP contribution in [-0.4, -0.2) is 17.8 Å². The molecule has 1 aliphatic heterocycles. The Labute approximate surface area is 103 Å². The predicted molar refractivity (Wildman–Crippen MR) is 65.1 cm³/mol. The Balaban J connectivity index is 2.46. The molecular formula is C12H11N3O3. The molecule has 92 valence electrons. The van der Waals surface area contributed by atoms with Gasteiger partial charge in [-0.15, -0.1) is 0 Å². The number of allylic oxidation sites excluding steroid dienone is 1. The zero-order chi connectivity index (χ0) is 13.3. The minimum absolute atomic E-state index is 0.0700. The molecule has 0 aromatic heterocycles. The SMILES string of the molecule is CC(=C1C(=O)NC(=O)NC1=O)c1ccc(N)cc1. The lowest BCUT2D eigenvalue weighted by Crippen LogP contribution is -2.51. The molecule has 0 saturated carbocycles. The Hall–Kier alpha value is -2.63. The van der Waals surface area contributed by atoms with Crippen LogP contribution < -0.4 is 16.4 Å². The molecule has 0 bridgehead atoms. The molecule has 1 aliphatic rings. The zero-order valence-corrected chi connectivity index (χ0v) is 9.61. The maximum atomic E-state index is 11.6. The van der Waals surface area contributed by atoms with Crippen molar-refractivity contribution in [2.24, 2.45) is 0 Å². The molecule has 18 heavy (non-hydrogen) atoms. The number of carbonyl (C=O) groups excluding carboxylic acids is 3. The quantitative estimate of drug-likeness (QED) is 0.379. The molecule has 1 aromatic carbocycles. The number of nitrogens with two attached hydrogens (primary N) is 1. The van der Waals surface area contributed by atoms with Gasteiger partial charge in [0.2, 0.25) is 0 Å². The number of anilines is 1. The standard InChI is InChI=1S/C12H11N3O3/c1-6(7-2-4-8(13)5-3-7)9-10(16)14-12(18)15-11(9)17/h2-5H,13H2,1H3,(H2,14,15,16,17,18). The predicted octanol–water partition coefficient (Wildman–Crippen LogP) is 0.408. The van der Waals surface area contributed by atoms with Crippen molar-refractivity contribution in [2.75, 3.05) is 5.73 Å². The second kappa shape index (κ2) is 4.33. The summed E-state index contributed by atoms with van der Waals surface area (Å²) in [6.45, 7) is 1.63. The molecule has 1 heterocycles. The number of imide groups is 2. The van der Waals surface area contributed by atoms with Crippen LogP contribution >= 0.6 is 0 Å². The van der Waals surface area contributed by atoms with Gasteiger partial charge in [0.15, 0.2) is 0 Å². The average Bonchev–Trinajstić information content (AvgIpc) is 2.28. The van der Waals surface area contributed by atoms with Crippen LogP contribution in [-0.2, 0) is 9.59 Å². The van der Waals surface area contributed by atoms with Crippen LogP contribution in [0.1, 0.15) is 12.5 Å². The van der Waals surface area contributed by atoms with E-state index in [4.69, 9.17) is 5.73 Å². The smallest absolute Gasteiger partial charge is 0.328 e. The number of amides is 4. The topological polar surface area (TPSA) is 101 Å². The highest BCUT2D eigenvalue weighted by molar-refractivity contribution is 6.32. The second-order valence-electron chi connectivity index (χ2n) is 3.86. The van der Waals surface area contributed by atoms with E-state index in [0.29, 0.717) is 16.8 Å². The molecule has 6 heteroatoms. The molecule has 0 aliphatic carbocycles. The number of urea groups is 1. The number of hydrogen-bond donors (Lipinski definition) is 3. The summed E-state index contributed by atoms with van der Waals surface area (Å²) in [6.07, 6.45) is 0. The van der Waals surface area contributed by atoms with Crippen molar-refractivity contribution in [1.82, 2.24) is 10.6 Å². The van der Waals surface area contributed by atoms with E-state index in [1.807, 2.05) is 10.6 Å². The Morgan fingerprint density at radius 2 is 1.50 bits per heavy atom. The maximum absolute atomic E-state index is 11.6. The van der Waals surface area contributed by atoms with Gasteiger partial charge in [-0.05, 0) is 30.2 Å². The van der Waals surface area contributed by atoms with Gasteiger partial charge < -0.3 is 5.73 Å². The third-order valence-corrected chi connectivity index (χ3v) is 2.63. The van der Waals surface area contributed by atoms with E-state index >= 15 is 0 Å². The summed E-state index contributed by atoms with van der Waals surface area (Å²) in [5.41, 5.74) is 7.25. The summed E-state index contributed by atoms with van der Waals surface area (Å²) in [4.78, 5) is 34.2. The van der Waals surface area contributed by atoms with Crippen molar-refractivity contribution in [3.05, 3.63) is 35.4 Å². The van der Waals surface area contributed by atoms with Gasteiger partial charge >= 0.3 is 6.03 Å². The lowest BCUT2D eigenvalue weighted by molar-refractivity contribution is -0.123. The number of rotatable bonds is 1. The summed E-state index contributed by atoms with van der Waals surface area (Å²) in [5, 5.41) is 4.06. The van der Waals surface area contributed by atoms with Crippen molar-refractivity contribution < 1.29 is 14.4 Å². The highest BCUT2D eigenvalue weighted by atomic mass is 16.2. The molecular weight excluding hydrogens is 234 g/mol. The van der Waals surface area contributed by atoms with E-state index in [9.17, 15) is 14.4 Å². The first-order valence-electron chi connectivity index (χ1n) is 5.22. The molecule has 0 unspecified atom stereocenters. The van der Waals surface area contributed by atoms with Crippen LogP contribution in [0.3, 0.4) is 0 Å². The first kappa shape index (κ1) is 11.8. The lowest BCUT2D eigenvalue weighted by Gasteiger charge is -2.16. The summed E-state index contributed by atoms with van der Waals surface area (Å²) in [6, 6.07) is 5.94. The summed E-state index contributed by atoms with van der Waals surface area (Å²) in [7, 11) is 0. The van der Waals surface area contributed by atoms with E-state index in [0.717, 1.165) is 0 Å². The molecule has 0 radical (unpaired) electrons. The Bertz CT molecular complexity index is 551. The third kappa shape index (κ3) is 2.08. The molecule has 2 rings (SSSR count). The van der Waals surface area contributed by atoms with Crippen molar-refractivity contribution in [2.45, 2.75) is 6.92 Å². The van der Waals surface area contributed by atoms with Gasteiger partial charge in [-0.25, -0.2) is 4.79 Å². The maximum Gasteiger partial charge on any atom is 0.328 e. The summed E-state index contributed by atoms with van der Waals surface area (Å²) >= 11 is 0. The number of hydrogen-bond acceptors (Lipinski definition) is 4. The van der Waals surface area contributed by atoms with Gasteiger partial charge in [-0.1, -0.05) is 12.1 Å². The van der Waals surface area contributed by atoms with Crippen molar-refractivity contribution in [3.63, 3.8) is 0 Å². The minimum Gasteiger partial charge on any atom is -0.399 e. The van der Waals surface area contributed by atoms with Crippen LogP contribution in [0, 0.1) is 0 Å². The van der Waals surface area contributed by atoms with E-state index in [1.165, 1.54) is 0 Å². The van der Waals surface area contributed by atoms with Crippen LogP contribution in [0.2, 0.25) is 0 Å². The van der Waals surface area contributed by atoms with Gasteiger partial charge in [-0.3, -0.25) is 20.2 Å². The summed E-state index contributed by atoms with van der Waals surface area (Å²) < 4.78 is 0. The van der Waals surface area contributed by atoms with Crippen molar-refractivity contribution in [3.8, 4) is 0 Å². The van der Waals surface area contributed by atoms with E-state index in [-0.39, 0.29) is 5.57 Å². The Morgan fingerprint density at radius 1 is 1.00 bits per heavy atom. The van der Waals surface area contributed by atoms with Gasteiger partial charge in [-0.2, -0.15) is 0 Å². The highest BCUT2D eigenvalue weighted by Crippen LogP contribution is 2.20. The molecule has 4 N–H and O–H groups in total. The largest absolute Gasteiger partial charge is 0.399 e. The third-order valence-electron chi connectivity index (χ3n) is 2.63. The first-order valence-corrected chi connectivity index (χ1v) is 5.22. The Kier molecular flexibility index (Phi) is 2.85. The van der Waals surface area contributed by atoms with Gasteiger partial charge in [0.1, 0.15) is 5.57 Å². The van der Waals surface area contributed by atoms with Gasteiger partial charge in [0, 0.05) is 5.69 Å². The molecule has 4 amide bonds. The molecule has 1 fully saturated rings. The average molecular weight is 245 g/mol. The fraction of sp³-hybridized carbons (Fsp3) is 0.0833. The fourth-order valence-corrected chi connectivity index (χ4v) is 1.68. The monoisotopic (exact) mass is 245 g/mol. The number of barbiturate groups is 1. The fourth-order valence-electron chi connectivity index (χ4n) is 1.68. The molecule has 1 aromatic rings. The number of nitrogens with one attached hydrogen (secondary N) is 2. The molecule has 0 spiro atoms. The molecule has 6 nitrogen and oxygen atoms in total. The van der Waals surface area contributed by atoms with E-state index < -0.39 is 17.8 Å². The van der Waals surface area contributed by atoms with E-state index in [2.05, 4.69) is 0 Å². The highest BCUT2D eigenvalue weighted by Gasteiger charge is 2.29. The van der Waals surface area contributed by atoms with Crippen molar-refractivity contribution in [1.29, 1.82) is 0 Å². The van der Waals surface area contributed by atoms with Crippen LogP contribution in [0.5, 0.6) is 0 Å². The Morgan fingerprint density at radius 3 is 2.00 bits per heavy atom. The molecule has 0 atom stereocenters. The lowest BCUT2D eigenvalue weighted by atomic mass is 9.99. The zero-order valence-electron chi connectivity index (χ0n) is 9.61. The van der Waals surface area contributed by atoms with Crippen LogP contribution in [0.25, 0.3) is 5.57 Å². The van der Waals surface area contributed by atoms with Crippen LogP contribution in [0.15, 0.2) is 29.8 Å². The van der Waals surface area contributed by atoms with E-state index in [1.54, 1.807) is 31.2 Å².